The molecule has 1 aliphatic rings. The van der Waals surface area contributed by atoms with E-state index in [2.05, 4.69) is 26.1 Å². The molecular weight excluding hydrogens is 218 g/mol. The van der Waals surface area contributed by atoms with Crippen molar-refractivity contribution in [3.8, 4) is 0 Å². The summed E-state index contributed by atoms with van der Waals surface area (Å²) in [5.41, 5.74) is 0.440. The fourth-order valence-corrected chi connectivity index (χ4v) is 3.45. The van der Waals surface area contributed by atoms with Crippen molar-refractivity contribution in [1.29, 1.82) is 0 Å². The molecule has 1 nitrogen and oxygen atoms in total. The molecule has 18 heavy (non-hydrogen) atoms. The van der Waals surface area contributed by atoms with E-state index in [1.54, 1.807) is 0 Å². The Morgan fingerprint density at radius 1 is 0.889 bits per heavy atom. The zero-order chi connectivity index (χ0) is 13.3. The van der Waals surface area contributed by atoms with E-state index in [1.165, 1.54) is 77.0 Å². The number of hydrogen-bond acceptors (Lipinski definition) is 1. The van der Waals surface area contributed by atoms with Gasteiger partial charge in [0.15, 0.2) is 0 Å². The highest BCUT2D eigenvalue weighted by Crippen LogP contribution is 2.27. The maximum atomic E-state index is 4.05. The van der Waals surface area contributed by atoms with Crippen LogP contribution in [-0.2, 0) is 0 Å². The second kappa shape index (κ2) is 8.96. The predicted octanol–water partition coefficient (Wildman–Crippen LogP) is 5.44. The van der Waals surface area contributed by atoms with Crippen LogP contribution in [0.15, 0.2) is 0 Å². The van der Waals surface area contributed by atoms with Crippen LogP contribution < -0.4 is 5.32 Å². The van der Waals surface area contributed by atoms with E-state index >= 15 is 0 Å². The molecule has 1 heteroatoms. The van der Waals surface area contributed by atoms with E-state index in [0.717, 1.165) is 6.04 Å². The van der Waals surface area contributed by atoms with Crippen LogP contribution in [0, 0.1) is 0 Å². The quantitative estimate of drug-likeness (QED) is 0.540. The minimum absolute atomic E-state index is 0.440. The van der Waals surface area contributed by atoms with E-state index < -0.39 is 0 Å². The molecule has 1 saturated carbocycles. The first-order chi connectivity index (χ1) is 8.76. The Labute approximate surface area is 115 Å². The molecule has 108 valence electrons. The molecule has 1 fully saturated rings. The Bertz CT molecular complexity index is 190. The Kier molecular flexibility index (Phi) is 7.97. The van der Waals surface area contributed by atoms with Gasteiger partial charge in [-0.15, -0.1) is 0 Å². The topological polar surface area (TPSA) is 12.0 Å². The van der Waals surface area contributed by atoms with Gasteiger partial charge in [0.05, 0.1) is 0 Å². The van der Waals surface area contributed by atoms with Gasteiger partial charge in [-0.25, -0.2) is 0 Å². The molecule has 0 aromatic heterocycles. The molecule has 0 radical (unpaired) electrons. The standard InChI is InChI=1S/C17H35N/c1-4-7-8-12-15-17(5-2,6-3)18-16-13-10-9-11-14-16/h16,18H,4-15H2,1-3H3. The lowest BCUT2D eigenvalue weighted by molar-refractivity contribution is 0.213. The number of hydrogen-bond donors (Lipinski definition) is 1. The van der Waals surface area contributed by atoms with Crippen LogP contribution in [0.25, 0.3) is 0 Å². The van der Waals surface area contributed by atoms with Gasteiger partial charge < -0.3 is 5.32 Å². The molecule has 0 aromatic carbocycles. The summed E-state index contributed by atoms with van der Waals surface area (Å²) in [6, 6.07) is 0.810. The maximum Gasteiger partial charge on any atom is 0.0178 e. The predicted molar refractivity (Wildman–Crippen MR) is 82.1 cm³/mol. The molecule has 0 amide bonds. The van der Waals surface area contributed by atoms with Crippen molar-refractivity contribution >= 4 is 0 Å². The summed E-state index contributed by atoms with van der Waals surface area (Å²) >= 11 is 0. The van der Waals surface area contributed by atoms with Crippen LogP contribution >= 0.6 is 0 Å². The Morgan fingerprint density at radius 2 is 1.56 bits per heavy atom. The first kappa shape index (κ1) is 16.0. The van der Waals surface area contributed by atoms with Crippen LogP contribution in [0.3, 0.4) is 0 Å². The first-order valence-corrected chi connectivity index (χ1v) is 8.54. The van der Waals surface area contributed by atoms with E-state index in [4.69, 9.17) is 0 Å². The van der Waals surface area contributed by atoms with Crippen LogP contribution in [0.1, 0.15) is 97.8 Å². The molecule has 1 N–H and O–H groups in total. The summed E-state index contributed by atoms with van der Waals surface area (Å²) in [6.07, 6.45) is 16.7. The van der Waals surface area contributed by atoms with Gasteiger partial charge in [-0.3, -0.25) is 0 Å². The van der Waals surface area contributed by atoms with Crippen LogP contribution in [0.5, 0.6) is 0 Å². The lowest BCUT2D eigenvalue weighted by atomic mass is 9.84. The molecule has 0 aromatic rings. The lowest BCUT2D eigenvalue weighted by Gasteiger charge is -2.39. The number of rotatable bonds is 9. The SMILES string of the molecule is CCCCCCC(CC)(CC)NC1CCCCC1. The molecule has 0 aliphatic heterocycles. The smallest absolute Gasteiger partial charge is 0.0178 e. The number of unbranched alkanes of at least 4 members (excludes halogenated alkanes) is 3. The van der Waals surface area contributed by atoms with Crippen molar-refractivity contribution in [2.75, 3.05) is 0 Å². The maximum absolute atomic E-state index is 4.05. The minimum Gasteiger partial charge on any atom is -0.309 e. The Morgan fingerprint density at radius 3 is 2.11 bits per heavy atom. The third kappa shape index (κ3) is 5.30. The monoisotopic (exact) mass is 253 g/mol. The van der Waals surface area contributed by atoms with Gasteiger partial charge in [0.25, 0.3) is 0 Å². The van der Waals surface area contributed by atoms with Gasteiger partial charge in [-0.05, 0) is 32.1 Å². The van der Waals surface area contributed by atoms with Crippen molar-refractivity contribution < 1.29 is 0 Å². The fraction of sp³-hybridized carbons (Fsp3) is 1.00. The fourth-order valence-electron chi connectivity index (χ4n) is 3.45. The lowest BCUT2D eigenvalue weighted by Crippen LogP contribution is -2.50. The summed E-state index contributed by atoms with van der Waals surface area (Å²) in [5.74, 6) is 0. The third-order valence-electron chi connectivity index (χ3n) is 4.98. The highest BCUT2D eigenvalue weighted by molar-refractivity contribution is 4.89. The van der Waals surface area contributed by atoms with Crippen LogP contribution in [0.4, 0.5) is 0 Å². The zero-order valence-electron chi connectivity index (χ0n) is 13.1. The van der Waals surface area contributed by atoms with Gasteiger partial charge in [0.2, 0.25) is 0 Å². The zero-order valence-corrected chi connectivity index (χ0v) is 13.1. The summed E-state index contributed by atoms with van der Waals surface area (Å²) in [6.45, 7) is 7.05. The van der Waals surface area contributed by atoms with Gasteiger partial charge in [0.1, 0.15) is 0 Å². The highest BCUT2D eigenvalue weighted by atomic mass is 15.0. The third-order valence-corrected chi connectivity index (χ3v) is 4.98. The Hall–Kier alpha value is -0.0400. The van der Waals surface area contributed by atoms with Crippen molar-refractivity contribution in [2.45, 2.75) is 109 Å². The molecule has 0 bridgehead atoms. The van der Waals surface area contributed by atoms with Crippen molar-refractivity contribution in [3.05, 3.63) is 0 Å². The molecule has 0 saturated heterocycles. The first-order valence-electron chi connectivity index (χ1n) is 8.54. The summed E-state index contributed by atoms with van der Waals surface area (Å²) in [5, 5.41) is 4.05. The molecule has 1 aliphatic carbocycles. The molecule has 0 atom stereocenters. The highest BCUT2D eigenvalue weighted by Gasteiger charge is 2.28. The van der Waals surface area contributed by atoms with Crippen molar-refractivity contribution in [2.24, 2.45) is 0 Å². The second-order valence-corrected chi connectivity index (χ2v) is 6.28. The van der Waals surface area contributed by atoms with E-state index in [9.17, 15) is 0 Å². The average molecular weight is 253 g/mol. The van der Waals surface area contributed by atoms with E-state index in [0.29, 0.717) is 5.54 Å². The normalized spacial score (nSPS) is 18.2. The molecule has 0 unspecified atom stereocenters. The summed E-state index contributed by atoms with van der Waals surface area (Å²) in [4.78, 5) is 0. The largest absolute Gasteiger partial charge is 0.309 e. The van der Waals surface area contributed by atoms with E-state index in [1.807, 2.05) is 0 Å². The molecule has 0 heterocycles. The van der Waals surface area contributed by atoms with Gasteiger partial charge >= 0.3 is 0 Å². The van der Waals surface area contributed by atoms with Crippen molar-refractivity contribution in [1.82, 2.24) is 5.32 Å². The summed E-state index contributed by atoms with van der Waals surface area (Å²) < 4.78 is 0. The van der Waals surface area contributed by atoms with Gasteiger partial charge in [-0.1, -0.05) is 65.7 Å². The second-order valence-electron chi connectivity index (χ2n) is 6.28. The van der Waals surface area contributed by atoms with Crippen molar-refractivity contribution in [3.63, 3.8) is 0 Å². The average Bonchev–Trinajstić information content (AvgIpc) is 2.43. The van der Waals surface area contributed by atoms with E-state index in [-0.39, 0.29) is 0 Å². The molecular formula is C17H35N. The van der Waals surface area contributed by atoms with Crippen LogP contribution in [-0.4, -0.2) is 11.6 Å². The summed E-state index contributed by atoms with van der Waals surface area (Å²) in [7, 11) is 0. The molecule has 1 rings (SSSR count). The van der Waals surface area contributed by atoms with Crippen LogP contribution in [0.2, 0.25) is 0 Å². The number of nitrogens with one attached hydrogen (secondary N) is 1. The molecule has 0 spiro atoms. The Balaban J connectivity index is 2.39. The van der Waals surface area contributed by atoms with Gasteiger partial charge in [0, 0.05) is 11.6 Å². The van der Waals surface area contributed by atoms with Gasteiger partial charge in [-0.2, -0.15) is 0 Å². The minimum atomic E-state index is 0.440.